The molecule has 0 atom stereocenters. The molecule has 0 heterocycles. The molecule has 0 aliphatic carbocycles. The van der Waals surface area contributed by atoms with Crippen molar-refractivity contribution in [1.82, 2.24) is 0 Å². The Balaban J connectivity index is 0. The van der Waals surface area contributed by atoms with Crippen LogP contribution in [-0.2, 0) is 25.5 Å². The first kappa shape index (κ1) is 23.7. The Labute approximate surface area is 146 Å². The van der Waals surface area contributed by atoms with Crippen molar-refractivity contribution in [3.8, 4) is 0 Å². The molecule has 0 aliphatic heterocycles. The Morgan fingerprint density at radius 2 is 1.28 bits per heavy atom. The molecule has 6 nitrogen and oxygen atoms in total. The Morgan fingerprint density at radius 3 is 1.48 bits per heavy atom. The minimum absolute atomic E-state index is 0.394. The summed E-state index contributed by atoms with van der Waals surface area (Å²) in [4.78, 5) is 26.5. The summed E-state index contributed by atoms with van der Waals surface area (Å²) in [6, 6.07) is 21.1. The van der Waals surface area contributed by atoms with Gasteiger partial charge in [-0.05, 0) is 17.5 Å². The Kier molecular flexibility index (Phi) is 17.5. The van der Waals surface area contributed by atoms with E-state index in [1.807, 2.05) is 0 Å². The van der Waals surface area contributed by atoms with E-state index in [2.05, 4.69) is 72.0 Å². The van der Waals surface area contributed by atoms with Crippen molar-refractivity contribution in [1.29, 1.82) is 10.8 Å². The largest absolute Gasteiger partial charge is 0.466 e. The quantitative estimate of drug-likeness (QED) is 0.386. The highest BCUT2D eigenvalue weighted by Crippen LogP contribution is 2.07. The average Bonchev–Trinajstić information content (AvgIpc) is 2.64. The molecule has 0 saturated carbocycles. The van der Waals surface area contributed by atoms with Gasteiger partial charge in [-0.25, -0.2) is 25.2 Å². The first-order valence-corrected chi connectivity index (χ1v) is 6.95. The summed E-state index contributed by atoms with van der Waals surface area (Å²) in [7, 11) is 1.31. The first-order chi connectivity index (χ1) is 12.1. The normalized spacial score (nSPS) is 7.40. The summed E-state index contributed by atoms with van der Waals surface area (Å²) in [5, 5.41) is 10.8. The predicted molar refractivity (Wildman–Crippen MR) is 94.7 cm³/mol. The van der Waals surface area contributed by atoms with Crippen LogP contribution in [0.25, 0.3) is 0 Å². The molecule has 0 bridgehead atoms. The van der Waals surface area contributed by atoms with E-state index < -0.39 is 5.97 Å². The maximum atomic E-state index is 9.84. The van der Waals surface area contributed by atoms with E-state index in [4.69, 9.17) is 20.4 Å². The predicted octanol–water partition coefficient (Wildman–Crippen LogP) is 3.42. The molecule has 0 fully saturated rings. The summed E-state index contributed by atoms with van der Waals surface area (Å²) in [5.41, 5.74) is 2.74. The van der Waals surface area contributed by atoms with Gasteiger partial charge in [0.25, 0.3) is 0 Å². The van der Waals surface area contributed by atoms with Crippen LogP contribution in [0.1, 0.15) is 11.1 Å². The second-order valence-corrected chi connectivity index (χ2v) is 4.08. The van der Waals surface area contributed by atoms with Gasteiger partial charge in [-0.2, -0.15) is 0 Å². The Bertz CT molecular complexity index is 609. The minimum atomic E-state index is -0.394. The number of esters is 1. The molecular formula is C19H20N2O4. The topological polar surface area (TPSA) is 108 Å². The lowest BCUT2D eigenvalue weighted by Crippen LogP contribution is -1.91. The van der Waals surface area contributed by atoms with Crippen LogP contribution < -0.4 is 0 Å². The molecule has 0 saturated heterocycles. The van der Waals surface area contributed by atoms with Crippen LogP contribution in [0.4, 0.5) is 0 Å². The number of hydrogen-bond acceptors (Lipinski definition) is 6. The van der Waals surface area contributed by atoms with Crippen LogP contribution >= 0.6 is 0 Å². The van der Waals surface area contributed by atoms with E-state index in [9.17, 15) is 4.79 Å². The van der Waals surface area contributed by atoms with E-state index in [1.54, 1.807) is 0 Å². The third-order valence-electron chi connectivity index (χ3n) is 2.46. The maximum absolute atomic E-state index is 9.84. The Morgan fingerprint density at radius 1 is 0.960 bits per heavy atom. The van der Waals surface area contributed by atoms with Crippen molar-refractivity contribution in [2.45, 2.75) is 6.42 Å². The zero-order valence-electron chi connectivity index (χ0n) is 13.9. The highest BCUT2D eigenvalue weighted by Gasteiger charge is 1.92. The molecule has 0 unspecified atom stereocenters. The molecule has 0 radical (unpaired) electrons. The average molecular weight is 340 g/mol. The van der Waals surface area contributed by atoms with Crippen molar-refractivity contribution in [2.24, 2.45) is 0 Å². The fourth-order valence-electron chi connectivity index (χ4n) is 1.51. The standard InChI is InChI=1S/C13H12.C4H6O2.2CHNO/c1-3-7-12(8-4-1)11-13-9-5-2-6-10-13;1-3-4(5)6-2;2*2-1-3/h1-10H,11H2;3H,1H2,2H3;2*2H. The zero-order chi connectivity index (χ0) is 19.3. The van der Waals surface area contributed by atoms with E-state index in [-0.39, 0.29) is 0 Å². The zero-order valence-corrected chi connectivity index (χ0v) is 13.9. The second kappa shape index (κ2) is 18.5. The van der Waals surface area contributed by atoms with Gasteiger partial charge in [0.15, 0.2) is 0 Å². The van der Waals surface area contributed by atoms with Crippen LogP contribution in [0.2, 0.25) is 0 Å². The fourth-order valence-corrected chi connectivity index (χ4v) is 1.51. The van der Waals surface area contributed by atoms with Gasteiger partial charge in [-0.15, -0.1) is 0 Å². The van der Waals surface area contributed by atoms with Crippen molar-refractivity contribution in [3.05, 3.63) is 84.4 Å². The summed E-state index contributed by atoms with van der Waals surface area (Å²) >= 11 is 0. The van der Waals surface area contributed by atoms with Crippen molar-refractivity contribution in [2.75, 3.05) is 7.11 Å². The van der Waals surface area contributed by atoms with Crippen molar-refractivity contribution in [3.63, 3.8) is 0 Å². The third-order valence-corrected chi connectivity index (χ3v) is 2.46. The number of rotatable bonds is 3. The molecule has 6 heteroatoms. The van der Waals surface area contributed by atoms with Crippen molar-refractivity contribution >= 4 is 18.1 Å². The highest BCUT2D eigenvalue weighted by atomic mass is 16.5. The molecule has 25 heavy (non-hydrogen) atoms. The number of carbonyl (C=O) groups is 1. The van der Waals surface area contributed by atoms with E-state index in [0.717, 1.165) is 24.7 Å². The smallest absolute Gasteiger partial charge is 0.329 e. The summed E-state index contributed by atoms with van der Waals surface area (Å²) < 4.78 is 4.14. The van der Waals surface area contributed by atoms with E-state index >= 15 is 0 Å². The molecule has 130 valence electrons. The number of nitrogens with one attached hydrogen (secondary N) is 2. The van der Waals surface area contributed by atoms with Gasteiger partial charge in [0.05, 0.1) is 7.11 Å². The number of hydrogen-bond donors (Lipinski definition) is 2. The molecule has 0 amide bonds. The number of methoxy groups -OCH3 is 1. The molecule has 2 aromatic rings. The number of carbonyl (C=O) groups excluding carboxylic acids is 3. The lowest BCUT2D eigenvalue weighted by atomic mass is 10.1. The van der Waals surface area contributed by atoms with Crippen LogP contribution in [-0.4, -0.2) is 25.2 Å². The van der Waals surface area contributed by atoms with Gasteiger partial charge < -0.3 is 4.74 Å². The maximum Gasteiger partial charge on any atom is 0.329 e. The SMILES string of the molecule is C=CC(=O)OC.N=C=O.N=C=O.c1ccc(Cc2ccccc2)cc1. The van der Waals surface area contributed by atoms with Crippen LogP contribution in [0.15, 0.2) is 73.3 Å². The molecule has 0 aromatic heterocycles. The number of benzene rings is 2. The van der Waals surface area contributed by atoms with Gasteiger partial charge in [-0.1, -0.05) is 67.2 Å². The molecular weight excluding hydrogens is 320 g/mol. The van der Waals surface area contributed by atoms with Crippen molar-refractivity contribution < 1.29 is 19.1 Å². The lowest BCUT2D eigenvalue weighted by molar-refractivity contribution is -0.134. The van der Waals surface area contributed by atoms with Gasteiger partial charge in [0.2, 0.25) is 12.2 Å². The highest BCUT2D eigenvalue weighted by molar-refractivity contribution is 5.80. The lowest BCUT2D eigenvalue weighted by Gasteiger charge is -2.00. The van der Waals surface area contributed by atoms with Gasteiger partial charge in [0, 0.05) is 6.08 Å². The fraction of sp³-hybridized carbons (Fsp3) is 0.105. The number of ether oxygens (including phenoxy) is 1. The van der Waals surface area contributed by atoms with E-state index in [1.165, 1.54) is 18.2 Å². The van der Waals surface area contributed by atoms with Crippen LogP contribution in [0.3, 0.4) is 0 Å². The second-order valence-electron chi connectivity index (χ2n) is 4.08. The molecule has 0 aliphatic rings. The molecule has 0 spiro atoms. The summed E-state index contributed by atoms with van der Waals surface area (Å²) in [5.74, 6) is -0.394. The Hall–Kier alpha value is -3.59. The van der Waals surface area contributed by atoms with Crippen LogP contribution in [0, 0.1) is 10.8 Å². The van der Waals surface area contributed by atoms with Gasteiger partial charge in [-0.3, -0.25) is 0 Å². The third kappa shape index (κ3) is 16.6. The van der Waals surface area contributed by atoms with E-state index in [0.29, 0.717) is 0 Å². The van der Waals surface area contributed by atoms with Gasteiger partial charge in [0.1, 0.15) is 0 Å². The summed E-state index contributed by atoms with van der Waals surface area (Å²) in [6.45, 7) is 3.16. The summed E-state index contributed by atoms with van der Waals surface area (Å²) in [6.07, 6.45) is 3.64. The van der Waals surface area contributed by atoms with Gasteiger partial charge >= 0.3 is 5.97 Å². The molecule has 2 rings (SSSR count). The minimum Gasteiger partial charge on any atom is -0.466 e. The van der Waals surface area contributed by atoms with Crippen LogP contribution in [0.5, 0.6) is 0 Å². The monoisotopic (exact) mass is 340 g/mol. The molecule has 2 N–H and O–H groups in total. The first-order valence-electron chi connectivity index (χ1n) is 6.95. The molecule has 2 aromatic carbocycles. The number of isocyanates is 2.